The monoisotopic (exact) mass is 370 g/mol. The number of benzene rings is 1. The first-order valence-electron chi connectivity index (χ1n) is 8.41. The fourth-order valence-electron chi connectivity index (χ4n) is 3.80. The minimum Gasteiger partial charge on any atom is -0.493 e. The van der Waals surface area contributed by atoms with Gasteiger partial charge in [0.1, 0.15) is 0 Å². The van der Waals surface area contributed by atoms with Crippen molar-refractivity contribution in [2.24, 2.45) is 11.3 Å². The Balaban J connectivity index is 0.00000225. The third-order valence-corrected chi connectivity index (χ3v) is 5.34. The molecule has 0 aromatic heterocycles. The molecule has 3 rings (SSSR count). The topological polar surface area (TPSA) is 68.8 Å². The van der Waals surface area contributed by atoms with Gasteiger partial charge in [0.15, 0.2) is 11.5 Å². The first-order valence-corrected chi connectivity index (χ1v) is 8.41. The van der Waals surface area contributed by atoms with Crippen LogP contribution in [-0.2, 0) is 11.3 Å². The van der Waals surface area contributed by atoms with E-state index in [1.165, 1.54) is 0 Å². The van der Waals surface area contributed by atoms with E-state index in [2.05, 4.69) is 10.6 Å². The van der Waals surface area contributed by atoms with E-state index in [0.29, 0.717) is 23.8 Å². The van der Waals surface area contributed by atoms with Gasteiger partial charge in [-0.3, -0.25) is 4.79 Å². The number of amides is 1. The molecule has 1 aliphatic heterocycles. The second kappa shape index (κ2) is 8.15. The van der Waals surface area contributed by atoms with Crippen molar-refractivity contribution in [3.63, 3.8) is 0 Å². The van der Waals surface area contributed by atoms with Crippen LogP contribution in [0.1, 0.15) is 24.8 Å². The van der Waals surface area contributed by atoms with E-state index in [-0.39, 0.29) is 29.6 Å². The molecule has 140 valence electrons. The van der Waals surface area contributed by atoms with E-state index in [1.807, 2.05) is 12.1 Å². The standard InChI is InChI=1S/C18H26N2O4.ClH/c1-22-14-5-4-12(15(23-2)16(14)24-3)11-20-17(21)13-10-18(13)6-8-19-9-7-18;/h4-5,13,19H,6-11H2,1-3H3,(H,20,21);1H. The number of piperidine rings is 1. The molecule has 2 aliphatic rings. The summed E-state index contributed by atoms with van der Waals surface area (Å²) >= 11 is 0. The zero-order chi connectivity index (χ0) is 17.2. The highest BCUT2D eigenvalue weighted by molar-refractivity contribution is 5.85. The molecule has 1 atom stereocenters. The number of methoxy groups -OCH3 is 3. The van der Waals surface area contributed by atoms with Gasteiger partial charge in [-0.25, -0.2) is 0 Å². The highest BCUT2D eigenvalue weighted by Gasteiger charge is 2.57. The molecule has 0 radical (unpaired) electrons. The van der Waals surface area contributed by atoms with Crippen molar-refractivity contribution in [3.05, 3.63) is 17.7 Å². The number of hydrogen-bond donors (Lipinski definition) is 2. The van der Waals surface area contributed by atoms with Gasteiger partial charge in [-0.15, -0.1) is 12.4 Å². The van der Waals surface area contributed by atoms with Crippen LogP contribution in [0, 0.1) is 11.3 Å². The summed E-state index contributed by atoms with van der Waals surface area (Å²) in [6.07, 6.45) is 3.22. The maximum Gasteiger partial charge on any atom is 0.223 e. The molecule has 1 spiro atoms. The van der Waals surface area contributed by atoms with Gasteiger partial charge >= 0.3 is 0 Å². The average molecular weight is 371 g/mol. The van der Waals surface area contributed by atoms with Crippen molar-refractivity contribution in [2.45, 2.75) is 25.8 Å². The van der Waals surface area contributed by atoms with Gasteiger partial charge < -0.3 is 24.8 Å². The molecule has 25 heavy (non-hydrogen) atoms. The minimum atomic E-state index is 0. The number of nitrogens with one attached hydrogen (secondary N) is 2. The second-order valence-corrected chi connectivity index (χ2v) is 6.58. The Morgan fingerprint density at radius 2 is 1.84 bits per heavy atom. The molecule has 0 bridgehead atoms. The molecule has 1 saturated carbocycles. The van der Waals surface area contributed by atoms with Crippen molar-refractivity contribution in [1.82, 2.24) is 10.6 Å². The molecule has 1 heterocycles. The van der Waals surface area contributed by atoms with Crippen LogP contribution in [-0.4, -0.2) is 40.3 Å². The van der Waals surface area contributed by atoms with Crippen LogP contribution in [0.15, 0.2) is 12.1 Å². The van der Waals surface area contributed by atoms with Gasteiger partial charge in [0.2, 0.25) is 11.7 Å². The van der Waals surface area contributed by atoms with Gasteiger partial charge in [0.05, 0.1) is 21.3 Å². The Kier molecular flexibility index (Phi) is 6.41. The lowest BCUT2D eigenvalue weighted by Gasteiger charge is -2.23. The summed E-state index contributed by atoms with van der Waals surface area (Å²) in [7, 11) is 4.76. The Hall–Kier alpha value is -1.66. The Morgan fingerprint density at radius 3 is 2.44 bits per heavy atom. The first kappa shape index (κ1) is 19.7. The maximum atomic E-state index is 12.5. The van der Waals surface area contributed by atoms with E-state index in [4.69, 9.17) is 14.2 Å². The first-order chi connectivity index (χ1) is 11.6. The van der Waals surface area contributed by atoms with Crippen molar-refractivity contribution >= 4 is 18.3 Å². The SMILES string of the molecule is COc1ccc(CNC(=O)C2CC23CCNCC3)c(OC)c1OC.Cl. The molecule has 1 saturated heterocycles. The zero-order valence-corrected chi connectivity index (χ0v) is 15.8. The second-order valence-electron chi connectivity index (χ2n) is 6.58. The van der Waals surface area contributed by atoms with Gasteiger partial charge in [-0.2, -0.15) is 0 Å². The van der Waals surface area contributed by atoms with E-state index >= 15 is 0 Å². The van der Waals surface area contributed by atoms with Crippen LogP contribution < -0.4 is 24.8 Å². The van der Waals surface area contributed by atoms with Gasteiger partial charge in [-0.1, -0.05) is 0 Å². The normalized spacial score (nSPS) is 20.4. The molecule has 1 unspecified atom stereocenters. The molecule has 2 N–H and O–H groups in total. The molecular formula is C18H27ClN2O4. The fourth-order valence-corrected chi connectivity index (χ4v) is 3.80. The highest BCUT2D eigenvalue weighted by Crippen LogP contribution is 2.58. The van der Waals surface area contributed by atoms with Crippen molar-refractivity contribution in [2.75, 3.05) is 34.4 Å². The summed E-state index contributed by atoms with van der Waals surface area (Å²) in [6.45, 7) is 2.47. The van der Waals surface area contributed by atoms with Gasteiger partial charge in [0, 0.05) is 18.0 Å². The number of halogens is 1. The van der Waals surface area contributed by atoms with Gasteiger partial charge in [-0.05, 0) is 49.9 Å². The Labute approximate surface area is 155 Å². The minimum absolute atomic E-state index is 0. The number of carbonyl (C=O) groups excluding carboxylic acids is 1. The molecule has 1 aromatic carbocycles. The van der Waals surface area contributed by atoms with E-state index in [9.17, 15) is 4.79 Å². The summed E-state index contributed by atoms with van der Waals surface area (Å²) in [5.74, 6) is 2.07. The molecule has 2 fully saturated rings. The van der Waals surface area contributed by atoms with E-state index in [1.54, 1.807) is 21.3 Å². The molecule has 6 nitrogen and oxygen atoms in total. The zero-order valence-electron chi connectivity index (χ0n) is 15.0. The fraction of sp³-hybridized carbons (Fsp3) is 0.611. The largest absolute Gasteiger partial charge is 0.493 e. The van der Waals surface area contributed by atoms with Crippen LogP contribution in [0.2, 0.25) is 0 Å². The predicted octanol–water partition coefficient (Wildman–Crippen LogP) is 2.14. The highest BCUT2D eigenvalue weighted by atomic mass is 35.5. The number of rotatable bonds is 6. The van der Waals surface area contributed by atoms with Crippen molar-refractivity contribution in [3.8, 4) is 17.2 Å². The summed E-state index contributed by atoms with van der Waals surface area (Å²) in [5.41, 5.74) is 1.13. The van der Waals surface area contributed by atoms with Crippen LogP contribution in [0.25, 0.3) is 0 Å². The number of carbonyl (C=O) groups is 1. The summed E-state index contributed by atoms with van der Waals surface area (Å²) < 4.78 is 16.1. The summed E-state index contributed by atoms with van der Waals surface area (Å²) in [5, 5.41) is 6.42. The predicted molar refractivity (Wildman–Crippen MR) is 97.8 cm³/mol. The van der Waals surface area contributed by atoms with Crippen LogP contribution in [0.5, 0.6) is 17.2 Å². The van der Waals surface area contributed by atoms with Crippen LogP contribution in [0.3, 0.4) is 0 Å². The van der Waals surface area contributed by atoms with Crippen LogP contribution in [0.4, 0.5) is 0 Å². The Morgan fingerprint density at radius 1 is 1.16 bits per heavy atom. The lowest BCUT2D eigenvalue weighted by atomic mass is 9.92. The molecular weight excluding hydrogens is 344 g/mol. The van der Waals surface area contributed by atoms with Crippen molar-refractivity contribution in [1.29, 1.82) is 0 Å². The molecule has 7 heteroatoms. The molecule has 1 amide bonds. The number of hydrogen-bond acceptors (Lipinski definition) is 5. The number of ether oxygens (including phenoxy) is 3. The quantitative estimate of drug-likeness (QED) is 0.803. The molecule has 1 aliphatic carbocycles. The third kappa shape index (κ3) is 3.80. The summed E-state index contributed by atoms with van der Waals surface area (Å²) in [4.78, 5) is 12.5. The maximum absolute atomic E-state index is 12.5. The van der Waals surface area contributed by atoms with Gasteiger partial charge in [0.25, 0.3) is 0 Å². The van der Waals surface area contributed by atoms with Crippen molar-refractivity contribution < 1.29 is 19.0 Å². The average Bonchev–Trinajstić information content (AvgIpc) is 3.32. The molecule has 1 aromatic rings. The third-order valence-electron chi connectivity index (χ3n) is 5.34. The van der Waals surface area contributed by atoms with E-state index in [0.717, 1.165) is 37.9 Å². The Bertz CT molecular complexity index is 617. The van der Waals surface area contributed by atoms with Crippen LogP contribution >= 0.6 is 12.4 Å². The lowest BCUT2D eigenvalue weighted by Crippen LogP contribution is -2.33. The smallest absolute Gasteiger partial charge is 0.223 e. The lowest BCUT2D eigenvalue weighted by molar-refractivity contribution is -0.123. The van der Waals surface area contributed by atoms with E-state index < -0.39 is 0 Å². The summed E-state index contributed by atoms with van der Waals surface area (Å²) in [6, 6.07) is 3.72.